The average molecular weight is 487 g/mol. The number of hydrogen-bond donors (Lipinski definition) is 3. The molecule has 2 atom stereocenters. The van der Waals surface area contributed by atoms with Crippen LogP contribution in [0.3, 0.4) is 0 Å². The number of alkyl carbamates (subject to hydrolysis) is 3. The predicted molar refractivity (Wildman–Crippen MR) is 133 cm³/mol. The Balaban J connectivity index is 4.76. The maximum atomic E-state index is 12.1. The molecule has 0 aliphatic heterocycles. The molecule has 0 aliphatic carbocycles. The first-order chi connectivity index (χ1) is 15.3. The molecular weight excluding hydrogens is 440 g/mol. The highest BCUT2D eigenvalue weighted by atomic mass is 16.6. The van der Waals surface area contributed by atoms with Crippen LogP contribution in [0.4, 0.5) is 14.4 Å². The maximum absolute atomic E-state index is 12.1. The molecule has 0 aromatic heterocycles. The van der Waals surface area contributed by atoms with E-state index in [1.54, 1.807) is 41.5 Å². The standard InChI is InChI=1S/C24H46N4O6/c1-16(17(2)26-19(29)32-22(3,4)5)14-12-13-15-25-18(27-20(30)33-23(6,7)8)28-21(31)34-24(9,10)11/h16-17H,12-15H2,1-11H3,(H,26,29)(H2,25,27,28,30,31). The third-order valence-electron chi connectivity index (χ3n) is 4.17. The van der Waals surface area contributed by atoms with Crippen molar-refractivity contribution in [3.05, 3.63) is 0 Å². The summed E-state index contributed by atoms with van der Waals surface area (Å²) < 4.78 is 15.8. The van der Waals surface area contributed by atoms with Gasteiger partial charge >= 0.3 is 18.3 Å². The van der Waals surface area contributed by atoms with Gasteiger partial charge in [0.05, 0.1) is 0 Å². The molecule has 0 aromatic carbocycles. The van der Waals surface area contributed by atoms with Crippen LogP contribution in [0.5, 0.6) is 0 Å². The molecule has 0 fully saturated rings. The monoisotopic (exact) mass is 486 g/mol. The second kappa shape index (κ2) is 13.4. The number of unbranched alkanes of at least 4 members (excludes halogenated alkanes) is 1. The van der Waals surface area contributed by atoms with Crippen molar-refractivity contribution in [2.24, 2.45) is 10.9 Å². The summed E-state index contributed by atoms with van der Waals surface area (Å²) in [5.41, 5.74) is -1.92. The van der Waals surface area contributed by atoms with Gasteiger partial charge in [0.15, 0.2) is 0 Å². The Bertz CT molecular complexity index is 670. The van der Waals surface area contributed by atoms with E-state index in [2.05, 4.69) is 27.9 Å². The molecule has 10 heteroatoms. The van der Waals surface area contributed by atoms with Crippen molar-refractivity contribution < 1.29 is 28.6 Å². The molecule has 10 nitrogen and oxygen atoms in total. The Hall–Kier alpha value is -2.52. The molecule has 0 saturated heterocycles. The molecule has 0 aromatic rings. The molecule has 3 N–H and O–H groups in total. The fourth-order valence-electron chi connectivity index (χ4n) is 2.57. The lowest BCUT2D eigenvalue weighted by Crippen LogP contribution is -2.47. The van der Waals surface area contributed by atoms with Crippen LogP contribution in [-0.2, 0) is 14.2 Å². The van der Waals surface area contributed by atoms with Crippen LogP contribution in [0.25, 0.3) is 0 Å². The van der Waals surface area contributed by atoms with Crippen molar-refractivity contribution in [2.45, 2.75) is 118 Å². The van der Waals surface area contributed by atoms with Crippen LogP contribution in [0.1, 0.15) is 95.4 Å². The zero-order chi connectivity index (χ0) is 26.7. The molecular formula is C24H46N4O6. The molecule has 0 heterocycles. The Morgan fingerprint density at radius 3 is 1.53 bits per heavy atom. The van der Waals surface area contributed by atoms with Gasteiger partial charge in [-0.25, -0.2) is 14.4 Å². The fourth-order valence-corrected chi connectivity index (χ4v) is 2.57. The van der Waals surface area contributed by atoms with Crippen LogP contribution < -0.4 is 16.0 Å². The number of ether oxygens (including phenoxy) is 3. The summed E-state index contributed by atoms with van der Waals surface area (Å²) in [5, 5.41) is 7.79. The number of rotatable bonds is 7. The van der Waals surface area contributed by atoms with Crippen molar-refractivity contribution in [3.63, 3.8) is 0 Å². The van der Waals surface area contributed by atoms with E-state index in [0.717, 1.165) is 19.3 Å². The lowest BCUT2D eigenvalue weighted by Gasteiger charge is -2.25. The van der Waals surface area contributed by atoms with E-state index < -0.39 is 35.1 Å². The number of hydrogen-bond acceptors (Lipinski definition) is 7. The van der Waals surface area contributed by atoms with E-state index in [1.165, 1.54) is 0 Å². The predicted octanol–water partition coefficient (Wildman–Crippen LogP) is 5.11. The van der Waals surface area contributed by atoms with E-state index >= 15 is 0 Å². The van der Waals surface area contributed by atoms with Crippen LogP contribution >= 0.6 is 0 Å². The number of carbonyl (C=O) groups excluding carboxylic acids is 3. The Kier molecular flexibility index (Phi) is 12.4. The van der Waals surface area contributed by atoms with E-state index in [4.69, 9.17) is 14.2 Å². The van der Waals surface area contributed by atoms with Crippen molar-refractivity contribution >= 4 is 24.2 Å². The summed E-state index contributed by atoms with van der Waals surface area (Å²) in [6.07, 6.45) is 0.551. The van der Waals surface area contributed by atoms with E-state index in [9.17, 15) is 14.4 Å². The first-order valence-electron chi connectivity index (χ1n) is 11.8. The van der Waals surface area contributed by atoms with Gasteiger partial charge in [0, 0.05) is 12.6 Å². The largest absolute Gasteiger partial charge is 0.444 e. The van der Waals surface area contributed by atoms with Crippen molar-refractivity contribution in [2.75, 3.05) is 6.54 Å². The first-order valence-corrected chi connectivity index (χ1v) is 11.8. The molecule has 0 radical (unpaired) electrons. The number of guanidine groups is 1. The van der Waals surface area contributed by atoms with Crippen LogP contribution in [-0.4, -0.2) is 53.6 Å². The van der Waals surface area contributed by atoms with Gasteiger partial charge in [-0.05, 0) is 88.0 Å². The topological polar surface area (TPSA) is 127 Å². The average Bonchev–Trinajstić information content (AvgIpc) is 2.55. The van der Waals surface area contributed by atoms with Gasteiger partial charge in [0.2, 0.25) is 5.96 Å². The molecule has 0 saturated carbocycles. The van der Waals surface area contributed by atoms with Gasteiger partial charge < -0.3 is 19.5 Å². The van der Waals surface area contributed by atoms with E-state index in [0.29, 0.717) is 6.54 Å². The summed E-state index contributed by atoms with van der Waals surface area (Å²) in [4.78, 5) is 40.5. The third-order valence-corrected chi connectivity index (χ3v) is 4.17. The Morgan fingerprint density at radius 1 is 0.706 bits per heavy atom. The third kappa shape index (κ3) is 18.0. The molecule has 0 spiro atoms. The minimum atomic E-state index is -0.724. The number of nitrogens with zero attached hydrogens (tertiary/aromatic N) is 1. The zero-order valence-corrected chi connectivity index (χ0v) is 22.9. The zero-order valence-electron chi connectivity index (χ0n) is 22.9. The normalized spacial score (nSPS) is 13.7. The number of carbonyl (C=O) groups is 3. The van der Waals surface area contributed by atoms with Gasteiger partial charge in [-0.2, -0.15) is 0 Å². The van der Waals surface area contributed by atoms with Crippen molar-refractivity contribution in [1.29, 1.82) is 0 Å². The smallest absolute Gasteiger partial charge is 0.414 e. The fraction of sp³-hybridized carbons (Fsp3) is 0.833. The summed E-state index contributed by atoms with van der Waals surface area (Å²) in [7, 11) is 0. The van der Waals surface area contributed by atoms with Gasteiger partial charge in [0.25, 0.3) is 0 Å². The van der Waals surface area contributed by atoms with Gasteiger partial charge in [-0.1, -0.05) is 13.3 Å². The number of aliphatic imine (C=N–C) groups is 1. The SMILES string of the molecule is CC(CCCCN=C(NC(=O)OC(C)(C)C)NC(=O)OC(C)(C)C)C(C)NC(=O)OC(C)(C)C. The highest BCUT2D eigenvalue weighted by molar-refractivity contribution is 6.01. The molecule has 2 unspecified atom stereocenters. The quantitative estimate of drug-likeness (QED) is 0.199. The molecule has 0 bridgehead atoms. The second-order valence-electron chi connectivity index (χ2n) is 11.4. The highest BCUT2D eigenvalue weighted by Gasteiger charge is 2.22. The van der Waals surface area contributed by atoms with Crippen molar-refractivity contribution in [1.82, 2.24) is 16.0 Å². The number of nitrogens with one attached hydrogen (secondary N) is 3. The maximum Gasteiger partial charge on any atom is 0.414 e. The van der Waals surface area contributed by atoms with E-state index in [1.807, 2.05) is 27.7 Å². The van der Waals surface area contributed by atoms with Crippen molar-refractivity contribution in [3.8, 4) is 0 Å². The molecule has 3 amide bonds. The lowest BCUT2D eigenvalue weighted by atomic mass is 9.97. The van der Waals surface area contributed by atoms with Gasteiger partial charge in [-0.3, -0.25) is 15.6 Å². The van der Waals surface area contributed by atoms with Crippen LogP contribution in [0, 0.1) is 5.92 Å². The summed E-state index contributed by atoms with van der Waals surface area (Å²) >= 11 is 0. The highest BCUT2D eigenvalue weighted by Crippen LogP contribution is 2.14. The molecule has 198 valence electrons. The Morgan fingerprint density at radius 2 is 1.12 bits per heavy atom. The van der Waals surface area contributed by atoms with E-state index in [-0.39, 0.29) is 17.9 Å². The van der Waals surface area contributed by atoms with Gasteiger partial charge in [0.1, 0.15) is 16.8 Å². The Labute approximate surface area is 205 Å². The van der Waals surface area contributed by atoms with Crippen LogP contribution in [0.2, 0.25) is 0 Å². The minimum absolute atomic E-state index is 0.0310. The lowest BCUT2D eigenvalue weighted by molar-refractivity contribution is 0.0487. The molecule has 0 aliphatic rings. The molecule has 34 heavy (non-hydrogen) atoms. The van der Waals surface area contributed by atoms with Gasteiger partial charge in [-0.15, -0.1) is 0 Å². The van der Waals surface area contributed by atoms with Crippen LogP contribution in [0.15, 0.2) is 4.99 Å². The summed E-state index contributed by atoms with van der Waals surface area (Å²) in [5.74, 6) is 0.201. The molecule has 0 rings (SSSR count). The summed E-state index contributed by atoms with van der Waals surface area (Å²) in [6.45, 7) is 20.3. The first kappa shape index (κ1) is 31.5. The summed E-state index contributed by atoms with van der Waals surface area (Å²) in [6, 6.07) is -0.0448. The second-order valence-corrected chi connectivity index (χ2v) is 11.4. The number of amides is 3. The minimum Gasteiger partial charge on any atom is -0.444 e.